The van der Waals surface area contributed by atoms with Gasteiger partial charge in [-0.05, 0) is 51.0 Å². The molecule has 4 nitrogen and oxygen atoms in total. The Morgan fingerprint density at radius 2 is 2.05 bits per heavy atom. The van der Waals surface area contributed by atoms with Crippen LogP contribution in [0.4, 0.5) is 9.18 Å². The smallest absolute Gasteiger partial charge is 0.410 e. The van der Waals surface area contributed by atoms with Crippen LogP contribution in [-0.4, -0.2) is 35.5 Å². The summed E-state index contributed by atoms with van der Waals surface area (Å²) in [6.45, 7) is 7.84. The van der Waals surface area contributed by atoms with Crippen LogP contribution in [0.25, 0.3) is 0 Å². The van der Waals surface area contributed by atoms with Crippen LogP contribution in [0.3, 0.4) is 0 Å². The van der Waals surface area contributed by atoms with Gasteiger partial charge in [-0.1, -0.05) is 6.07 Å². The van der Waals surface area contributed by atoms with Crippen molar-refractivity contribution in [1.29, 1.82) is 0 Å². The van der Waals surface area contributed by atoms with E-state index >= 15 is 0 Å². The normalized spacial score (nSPS) is 19.2. The van der Waals surface area contributed by atoms with Crippen molar-refractivity contribution in [2.45, 2.75) is 45.6 Å². The quantitative estimate of drug-likeness (QED) is 0.798. The van der Waals surface area contributed by atoms with Gasteiger partial charge in [0.15, 0.2) is 0 Å². The zero-order chi connectivity index (χ0) is 16.5. The van der Waals surface area contributed by atoms with Crippen LogP contribution in [-0.2, 0) is 9.53 Å². The van der Waals surface area contributed by atoms with Crippen LogP contribution < -0.4 is 0 Å². The van der Waals surface area contributed by atoms with Gasteiger partial charge in [0, 0.05) is 19.5 Å². The number of Topliss-reactive ketones (excluding diaryl/α,β-unsaturated/α-hetero) is 1. The summed E-state index contributed by atoms with van der Waals surface area (Å²) in [7, 11) is 0. The Bertz CT molecular complexity index is 592. The average Bonchev–Trinajstić information content (AvgIpc) is 2.38. The second-order valence-corrected chi connectivity index (χ2v) is 6.70. The summed E-state index contributed by atoms with van der Waals surface area (Å²) in [4.78, 5) is 25.9. The minimum atomic E-state index is -0.570. The van der Waals surface area contributed by atoms with Crippen molar-refractivity contribution in [3.05, 3.63) is 35.1 Å². The lowest BCUT2D eigenvalue weighted by molar-refractivity contribution is -0.123. The summed E-state index contributed by atoms with van der Waals surface area (Å²) in [5.74, 6) is -0.662. The van der Waals surface area contributed by atoms with Gasteiger partial charge in [0.05, 0.1) is 5.92 Å². The summed E-state index contributed by atoms with van der Waals surface area (Å²) >= 11 is 0. The molecular weight excluding hydrogens is 285 g/mol. The number of benzene rings is 1. The number of halogens is 1. The number of hydrogen-bond acceptors (Lipinski definition) is 3. The minimum absolute atomic E-state index is 0.0783. The first-order chi connectivity index (χ1) is 10.2. The van der Waals surface area contributed by atoms with Gasteiger partial charge in [-0.2, -0.15) is 0 Å². The largest absolute Gasteiger partial charge is 0.444 e. The molecule has 0 N–H and O–H groups in total. The van der Waals surface area contributed by atoms with Gasteiger partial charge in [-0.15, -0.1) is 0 Å². The van der Waals surface area contributed by atoms with Crippen LogP contribution >= 0.6 is 0 Å². The first kappa shape index (κ1) is 16.5. The molecule has 0 bridgehead atoms. The Kier molecular flexibility index (Phi) is 4.54. The maximum absolute atomic E-state index is 13.2. The number of hydrogen-bond donors (Lipinski definition) is 0. The maximum atomic E-state index is 13.2. The Morgan fingerprint density at radius 3 is 2.64 bits per heavy atom. The molecule has 0 radical (unpaired) electrons. The minimum Gasteiger partial charge on any atom is -0.444 e. The molecule has 0 aromatic heterocycles. The van der Waals surface area contributed by atoms with Crippen molar-refractivity contribution < 1.29 is 18.7 Å². The highest BCUT2D eigenvalue weighted by atomic mass is 19.1. The number of ether oxygens (including phenoxy) is 1. The summed E-state index contributed by atoms with van der Waals surface area (Å²) in [5.41, 5.74) is 0.934. The number of rotatable bonds is 1. The third kappa shape index (κ3) is 3.84. The number of nitrogens with zero attached hydrogens (tertiary/aromatic N) is 1. The van der Waals surface area contributed by atoms with E-state index in [1.807, 2.05) is 20.8 Å². The van der Waals surface area contributed by atoms with E-state index in [2.05, 4.69) is 0 Å². The topological polar surface area (TPSA) is 46.6 Å². The maximum Gasteiger partial charge on any atom is 0.410 e. The molecule has 5 heteroatoms. The van der Waals surface area contributed by atoms with Gasteiger partial charge < -0.3 is 9.64 Å². The lowest BCUT2D eigenvalue weighted by Crippen LogP contribution is -2.45. The highest BCUT2D eigenvalue weighted by Gasteiger charge is 2.33. The van der Waals surface area contributed by atoms with E-state index in [-0.39, 0.29) is 18.1 Å². The molecule has 1 unspecified atom stereocenters. The van der Waals surface area contributed by atoms with E-state index in [1.165, 1.54) is 12.1 Å². The van der Waals surface area contributed by atoms with E-state index in [9.17, 15) is 14.0 Å². The number of aryl methyl sites for hydroxylation is 1. The molecule has 0 aliphatic carbocycles. The SMILES string of the molecule is Cc1cc(F)ccc1C1CN(C(=O)OC(C)(C)C)CCC1=O. The molecule has 1 amide bonds. The van der Waals surface area contributed by atoms with Gasteiger partial charge in [-0.3, -0.25) is 4.79 Å². The Morgan fingerprint density at radius 1 is 1.36 bits per heavy atom. The van der Waals surface area contributed by atoms with Gasteiger partial charge >= 0.3 is 6.09 Å². The second kappa shape index (κ2) is 6.07. The fourth-order valence-electron chi connectivity index (χ4n) is 2.63. The molecule has 1 aliphatic rings. The molecule has 1 heterocycles. The highest BCUT2D eigenvalue weighted by molar-refractivity contribution is 5.88. The van der Waals surface area contributed by atoms with Gasteiger partial charge in [-0.25, -0.2) is 9.18 Å². The van der Waals surface area contributed by atoms with Crippen molar-refractivity contribution in [3.8, 4) is 0 Å². The molecule has 2 rings (SSSR count). The molecular formula is C17H22FNO3. The number of piperidine rings is 1. The molecule has 120 valence electrons. The van der Waals surface area contributed by atoms with Crippen molar-refractivity contribution in [2.24, 2.45) is 0 Å². The Labute approximate surface area is 130 Å². The molecule has 1 atom stereocenters. The van der Waals surface area contributed by atoms with Crippen LogP contribution in [0.15, 0.2) is 18.2 Å². The van der Waals surface area contributed by atoms with Gasteiger partial charge in [0.1, 0.15) is 17.2 Å². The van der Waals surface area contributed by atoms with Crippen molar-refractivity contribution in [2.75, 3.05) is 13.1 Å². The highest BCUT2D eigenvalue weighted by Crippen LogP contribution is 2.28. The van der Waals surface area contributed by atoms with Gasteiger partial charge in [0.2, 0.25) is 0 Å². The monoisotopic (exact) mass is 307 g/mol. The number of amides is 1. The lowest BCUT2D eigenvalue weighted by atomic mass is 9.87. The summed E-state index contributed by atoms with van der Waals surface area (Å²) in [6.07, 6.45) is -0.120. The number of carbonyl (C=O) groups is 2. The summed E-state index contributed by atoms with van der Waals surface area (Å²) < 4.78 is 18.6. The van der Waals surface area contributed by atoms with Gasteiger partial charge in [0.25, 0.3) is 0 Å². The van der Waals surface area contributed by atoms with Crippen LogP contribution in [0.5, 0.6) is 0 Å². The molecule has 1 aromatic rings. The lowest BCUT2D eigenvalue weighted by Gasteiger charge is -2.34. The molecule has 1 fully saturated rings. The van der Waals surface area contributed by atoms with E-state index in [1.54, 1.807) is 17.9 Å². The van der Waals surface area contributed by atoms with E-state index in [0.29, 0.717) is 13.0 Å². The van der Waals surface area contributed by atoms with E-state index in [4.69, 9.17) is 4.74 Å². The standard InChI is InChI=1S/C17H22FNO3/c1-11-9-12(18)5-6-13(11)14-10-19(8-7-15(14)20)16(21)22-17(2,3)4/h5-6,9,14H,7-8,10H2,1-4H3. The molecule has 22 heavy (non-hydrogen) atoms. The van der Waals surface area contributed by atoms with Crippen molar-refractivity contribution in [1.82, 2.24) is 4.90 Å². The fourth-order valence-corrected chi connectivity index (χ4v) is 2.63. The number of likely N-dealkylation sites (tertiary alicyclic amines) is 1. The van der Waals surface area contributed by atoms with E-state index < -0.39 is 17.6 Å². The van der Waals surface area contributed by atoms with Crippen LogP contribution in [0, 0.1) is 12.7 Å². The first-order valence-electron chi connectivity index (χ1n) is 7.44. The molecule has 0 saturated carbocycles. The zero-order valence-corrected chi connectivity index (χ0v) is 13.5. The predicted octanol–water partition coefficient (Wildman–Crippen LogP) is 3.43. The van der Waals surface area contributed by atoms with Crippen molar-refractivity contribution in [3.63, 3.8) is 0 Å². The van der Waals surface area contributed by atoms with Crippen LogP contribution in [0.1, 0.15) is 44.2 Å². The zero-order valence-electron chi connectivity index (χ0n) is 13.5. The molecule has 0 spiro atoms. The van der Waals surface area contributed by atoms with Crippen molar-refractivity contribution >= 4 is 11.9 Å². The third-order valence-corrected chi connectivity index (χ3v) is 3.68. The number of ketones is 1. The third-order valence-electron chi connectivity index (χ3n) is 3.68. The number of carbonyl (C=O) groups excluding carboxylic acids is 2. The molecule has 1 aliphatic heterocycles. The Balaban J connectivity index is 2.18. The predicted molar refractivity (Wildman–Crippen MR) is 81.3 cm³/mol. The molecule has 1 aromatic carbocycles. The average molecular weight is 307 g/mol. The Hall–Kier alpha value is -1.91. The van der Waals surface area contributed by atoms with E-state index in [0.717, 1.165) is 11.1 Å². The van der Waals surface area contributed by atoms with Crippen LogP contribution in [0.2, 0.25) is 0 Å². The first-order valence-corrected chi connectivity index (χ1v) is 7.44. The fraction of sp³-hybridized carbons (Fsp3) is 0.529. The molecule has 1 saturated heterocycles. The second-order valence-electron chi connectivity index (χ2n) is 6.70. The summed E-state index contributed by atoms with van der Waals surface area (Å²) in [5, 5.41) is 0. The summed E-state index contributed by atoms with van der Waals surface area (Å²) in [6, 6.07) is 4.39.